The van der Waals surface area contributed by atoms with Gasteiger partial charge in [0.15, 0.2) is 0 Å². The molecule has 1 rings (SSSR count). The summed E-state index contributed by atoms with van der Waals surface area (Å²) in [5.74, 6) is 0. The van der Waals surface area contributed by atoms with Gasteiger partial charge in [-0.2, -0.15) is 13.2 Å². The zero-order valence-electron chi connectivity index (χ0n) is 6.45. The average Bonchev–Trinajstić information content (AvgIpc) is 2.02. The van der Waals surface area contributed by atoms with Crippen LogP contribution in [-0.4, -0.2) is 0 Å². The number of benzene rings is 1. The van der Waals surface area contributed by atoms with Crippen LogP contribution in [0.15, 0.2) is 18.2 Å². The summed E-state index contributed by atoms with van der Waals surface area (Å²) in [7, 11) is 0. The normalized spacial score (nSPS) is 11.8. The molecule has 1 N–H and O–H groups in total. The molecule has 0 unspecified atom stereocenters. The molecule has 5 heteroatoms. The maximum Gasteiger partial charge on any atom is 0.416 e. The first-order valence-corrected chi connectivity index (χ1v) is 3.83. The van der Waals surface area contributed by atoms with Crippen molar-refractivity contribution in [1.29, 1.82) is 0 Å². The molecular formula is C8H6ClF3N-. The highest BCUT2D eigenvalue weighted by atomic mass is 35.5. The van der Waals surface area contributed by atoms with Gasteiger partial charge in [0, 0.05) is 5.02 Å². The molecule has 0 atom stereocenters. The van der Waals surface area contributed by atoms with E-state index in [9.17, 15) is 13.2 Å². The van der Waals surface area contributed by atoms with Crippen molar-refractivity contribution in [2.45, 2.75) is 12.7 Å². The van der Waals surface area contributed by atoms with Gasteiger partial charge in [-0.25, -0.2) is 0 Å². The first-order chi connectivity index (χ1) is 5.95. The molecular weight excluding hydrogens is 203 g/mol. The Morgan fingerprint density at radius 1 is 1.31 bits per heavy atom. The highest BCUT2D eigenvalue weighted by Crippen LogP contribution is 2.32. The number of nitrogens with one attached hydrogen (secondary N) is 1. The lowest BCUT2D eigenvalue weighted by Gasteiger charge is -2.10. The predicted molar refractivity (Wildman–Crippen MR) is 44.5 cm³/mol. The molecule has 0 bridgehead atoms. The van der Waals surface area contributed by atoms with Crippen molar-refractivity contribution in [2.24, 2.45) is 0 Å². The van der Waals surface area contributed by atoms with Crippen molar-refractivity contribution in [1.82, 2.24) is 0 Å². The van der Waals surface area contributed by atoms with Gasteiger partial charge in [-0.15, -0.1) is 6.54 Å². The van der Waals surface area contributed by atoms with Crippen molar-refractivity contribution in [3.05, 3.63) is 40.1 Å². The minimum atomic E-state index is -4.37. The van der Waals surface area contributed by atoms with E-state index in [1.54, 1.807) is 0 Å². The topological polar surface area (TPSA) is 23.8 Å². The predicted octanol–water partition coefficient (Wildman–Crippen LogP) is 3.91. The van der Waals surface area contributed by atoms with Crippen LogP contribution in [0.2, 0.25) is 5.02 Å². The second-order valence-corrected chi connectivity index (χ2v) is 2.89. The molecule has 1 nitrogen and oxygen atoms in total. The summed E-state index contributed by atoms with van der Waals surface area (Å²) in [5, 5.41) is -0.00942. The van der Waals surface area contributed by atoms with Crippen LogP contribution in [0.25, 0.3) is 5.73 Å². The zero-order valence-corrected chi connectivity index (χ0v) is 7.21. The number of hydrogen-bond acceptors (Lipinski definition) is 0. The molecule has 0 amide bonds. The fourth-order valence-electron chi connectivity index (χ4n) is 0.867. The second-order valence-electron chi connectivity index (χ2n) is 2.48. The smallest absolute Gasteiger partial charge is 0.416 e. The summed E-state index contributed by atoms with van der Waals surface area (Å²) >= 11 is 5.52. The molecule has 1 aromatic rings. The van der Waals surface area contributed by atoms with Gasteiger partial charge in [-0.1, -0.05) is 23.2 Å². The fraction of sp³-hybridized carbons (Fsp3) is 0.250. The van der Waals surface area contributed by atoms with E-state index in [1.807, 2.05) is 0 Å². The third-order valence-corrected chi connectivity index (χ3v) is 1.92. The molecule has 0 aliphatic carbocycles. The van der Waals surface area contributed by atoms with Gasteiger partial charge in [0.1, 0.15) is 0 Å². The van der Waals surface area contributed by atoms with E-state index in [4.69, 9.17) is 17.3 Å². The molecule has 13 heavy (non-hydrogen) atoms. The molecule has 72 valence electrons. The Morgan fingerprint density at radius 2 is 1.92 bits per heavy atom. The first kappa shape index (κ1) is 10.3. The molecule has 0 spiro atoms. The van der Waals surface area contributed by atoms with Gasteiger partial charge in [0.05, 0.1) is 5.56 Å². The average molecular weight is 209 g/mol. The lowest BCUT2D eigenvalue weighted by atomic mass is 10.1. The first-order valence-electron chi connectivity index (χ1n) is 3.45. The molecule has 0 aliphatic rings. The van der Waals surface area contributed by atoms with E-state index < -0.39 is 11.7 Å². The van der Waals surface area contributed by atoms with Crippen LogP contribution in [0.5, 0.6) is 0 Å². The van der Waals surface area contributed by atoms with Crippen molar-refractivity contribution in [3.8, 4) is 0 Å². The van der Waals surface area contributed by atoms with Gasteiger partial charge >= 0.3 is 6.18 Å². The molecule has 0 saturated heterocycles. The quantitative estimate of drug-likeness (QED) is 0.668. The van der Waals surface area contributed by atoms with Crippen LogP contribution < -0.4 is 0 Å². The van der Waals surface area contributed by atoms with Gasteiger partial charge in [-0.3, -0.25) is 0 Å². The van der Waals surface area contributed by atoms with Gasteiger partial charge in [-0.05, 0) is 12.1 Å². The van der Waals surface area contributed by atoms with Crippen LogP contribution in [-0.2, 0) is 12.7 Å². The molecule has 0 heterocycles. The highest BCUT2D eigenvalue weighted by Gasteiger charge is 2.30. The summed E-state index contributed by atoms with van der Waals surface area (Å²) in [5.41, 5.74) is 6.56. The maximum absolute atomic E-state index is 12.1. The Morgan fingerprint density at radius 3 is 2.31 bits per heavy atom. The fourth-order valence-corrected chi connectivity index (χ4v) is 1.11. The van der Waals surface area contributed by atoms with Crippen LogP contribution in [0.3, 0.4) is 0 Å². The van der Waals surface area contributed by atoms with Crippen LogP contribution >= 0.6 is 11.6 Å². The Kier molecular flexibility index (Phi) is 2.83. The molecule has 0 radical (unpaired) electrons. The van der Waals surface area contributed by atoms with Gasteiger partial charge in [0.2, 0.25) is 0 Å². The summed E-state index contributed by atoms with van der Waals surface area (Å²) in [6, 6.07) is 2.99. The standard InChI is InChI=1S/C8H6ClF3N/c9-7-3-6(8(10,11)12)2-1-5(7)4-13/h1-3,13H,4H2/q-1. The van der Waals surface area contributed by atoms with Crippen molar-refractivity contribution >= 4 is 11.6 Å². The van der Waals surface area contributed by atoms with Crippen LogP contribution in [0.4, 0.5) is 13.2 Å². The van der Waals surface area contributed by atoms with E-state index in [-0.39, 0.29) is 11.6 Å². The van der Waals surface area contributed by atoms with Gasteiger partial charge < -0.3 is 5.73 Å². The van der Waals surface area contributed by atoms with Crippen LogP contribution in [0.1, 0.15) is 11.1 Å². The Bertz CT molecular complexity index is 309. The van der Waals surface area contributed by atoms with Crippen molar-refractivity contribution in [3.63, 3.8) is 0 Å². The second kappa shape index (κ2) is 3.55. The molecule has 0 fully saturated rings. The Balaban J connectivity index is 3.10. The Labute approximate surface area is 78.3 Å². The monoisotopic (exact) mass is 208 g/mol. The van der Waals surface area contributed by atoms with E-state index >= 15 is 0 Å². The maximum atomic E-state index is 12.1. The number of halogens is 4. The van der Waals surface area contributed by atoms with Gasteiger partial charge in [0.25, 0.3) is 0 Å². The van der Waals surface area contributed by atoms with E-state index in [1.165, 1.54) is 6.07 Å². The summed E-state index contributed by atoms with van der Waals surface area (Å²) in [6.45, 7) is -0.114. The molecule has 0 aromatic heterocycles. The minimum absolute atomic E-state index is 0.00942. The van der Waals surface area contributed by atoms with Crippen molar-refractivity contribution in [2.75, 3.05) is 0 Å². The minimum Gasteiger partial charge on any atom is -0.674 e. The highest BCUT2D eigenvalue weighted by molar-refractivity contribution is 6.31. The largest absolute Gasteiger partial charge is 0.674 e. The van der Waals surface area contributed by atoms with E-state index in [0.717, 1.165) is 12.1 Å². The third-order valence-electron chi connectivity index (χ3n) is 1.57. The summed E-state index contributed by atoms with van der Waals surface area (Å²) < 4.78 is 36.3. The molecule has 0 aliphatic heterocycles. The lowest BCUT2D eigenvalue weighted by Crippen LogP contribution is -2.04. The van der Waals surface area contributed by atoms with E-state index in [2.05, 4.69) is 0 Å². The van der Waals surface area contributed by atoms with E-state index in [0.29, 0.717) is 5.56 Å². The Hall–Kier alpha value is -0.740. The number of rotatable bonds is 1. The zero-order chi connectivity index (χ0) is 10.1. The summed E-state index contributed by atoms with van der Waals surface area (Å²) in [4.78, 5) is 0. The number of alkyl halides is 3. The number of hydrogen-bond donors (Lipinski definition) is 0. The lowest BCUT2D eigenvalue weighted by molar-refractivity contribution is -0.137. The molecule has 0 saturated carbocycles. The SMILES string of the molecule is [NH-]Cc1ccc(C(F)(F)F)cc1Cl. The van der Waals surface area contributed by atoms with Crippen molar-refractivity contribution < 1.29 is 13.2 Å². The third kappa shape index (κ3) is 2.35. The molecule has 1 aromatic carbocycles. The summed E-state index contributed by atoms with van der Waals surface area (Å²) in [6.07, 6.45) is -4.37. The van der Waals surface area contributed by atoms with Crippen LogP contribution in [0, 0.1) is 0 Å².